The van der Waals surface area contributed by atoms with Crippen LogP contribution in [0.3, 0.4) is 0 Å². The van der Waals surface area contributed by atoms with Crippen LogP contribution in [0, 0.1) is 23.1 Å². The summed E-state index contributed by atoms with van der Waals surface area (Å²) in [5.41, 5.74) is 0.958. The van der Waals surface area contributed by atoms with Crippen LogP contribution in [-0.2, 0) is 9.59 Å². The summed E-state index contributed by atoms with van der Waals surface area (Å²) in [6.07, 6.45) is 0.125. The summed E-state index contributed by atoms with van der Waals surface area (Å²) >= 11 is 0. The molecule has 0 aromatic heterocycles. The van der Waals surface area contributed by atoms with E-state index in [4.69, 9.17) is 10.00 Å². The number of carbonyl (C=O) groups is 2. The van der Waals surface area contributed by atoms with Crippen molar-refractivity contribution in [3.05, 3.63) is 53.8 Å². The number of hydrogen-bond acceptors (Lipinski definition) is 5. The number of methoxy groups -OCH3 is 1. The maximum absolute atomic E-state index is 13.6. The summed E-state index contributed by atoms with van der Waals surface area (Å²) in [4.78, 5) is 26.4. The van der Waals surface area contributed by atoms with Crippen molar-refractivity contribution in [3.63, 3.8) is 0 Å². The first-order valence-electron chi connectivity index (χ1n) is 9.18. The number of nitrogens with zero attached hydrogens (tertiary/aromatic N) is 2. The predicted octanol–water partition coefficient (Wildman–Crippen LogP) is 2.29. The van der Waals surface area contributed by atoms with Crippen molar-refractivity contribution in [2.45, 2.75) is 6.42 Å². The maximum atomic E-state index is 13.6. The van der Waals surface area contributed by atoms with Crippen LogP contribution in [0.1, 0.15) is 12.0 Å². The average molecular weight is 396 g/mol. The van der Waals surface area contributed by atoms with Gasteiger partial charge in [-0.15, -0.1) is 0 Å². The zero-order chi connectivity index (χ0) is 20.8. The van der Waals surface area contributed by atoms with Gasteiger partial charge in [-0.25, -0.2) is 4.39 Å². The van der Waals surface area contributed by atoms with Crippen LogP contribution >= 0.6 is 0 Å². The molecule has 2 amide bonds. The molecule has 1 saturated heterocycles. The molecule has 150 valence electrons. The number of ether oxygens (including phenoxy) is 1. The first-order valence-corrected chi connectivity index (χ1v) is 9.18. The molecule has 1 heterocycles. The van der Waals surface area contributed by atoms with Crippen LogP contribution in [0.2, 0.25) is 0 Å². The number of benzene rings is 2. The van der Waals surface area contributed by atoms with Gasteiger partial charge in [0.1, 0.15) is 23.2 Å². The van der Waals surface area contributed by atoms with Gasteiger partial charge in [-0.3, -0.25) is 9.59 Å². The Hall–Kier alpha value is -3.60. The van der Waals surface area contributed by atoms with E-state index in [0.717, 1.165) is 0 Å². The van der Waals surface area contributed by atoms with Gasteiger partial charge in [0, 0.05) is 26.1 Å². The van der Waals surface area contributed by atoms with Crippen LogP contribution in [0.15, 0.2) is 42.5 Å². The van der Waals surface area contributed by atoms with Gasteiger partial charge in [0.2, 0.25) is 11.8 Å². The molecule has 0 aliphatic carbocycles. The van der Waals surface area contributed by atoms with Crippen LogP contribution < -0.4 is 20.3 Å². The Morgan fingerprint density at radius 3 is 2.83 bits per heavy atom. The molecule has 0 radical (unpaired) electrons. The first-order chi connectivity index (χ1) is 14.0. The van der Waals surface area contributed by atoms with Crippen molar-refractivity contribution in [1.29, 1.82) is 5.26 Å². The number of para-hydroxylation sites is 2. The van der Waals surface area contributed by atoms with Crippen molar-refractivity contribution >= 4 is 23.2 Å². The molecule has 1 unspecified atom stereocenters. The van der Waals surface area contributed by atoms with Crippen molar-refractivity contribution in [2.24, 2.45) is 5.92 Å². The number of amides is 2. The van der Waals surface area contributed by atoms with E-state index in [1.165, 1.54) is 19.2 Å². The van der Waals surface area contributed by atoms with E-state index in [1.54, 1.807) is 23.1 Å². The lowest BCUT2D eigenvalue weighted by atomic mass is 10.1. The second kappa shape index (κ2) is 9.06. The average Bonchev–Trinajstić information content (AvgIpc) is 3.12. The van der Waals surface area contributed by atoms with E-state index in [2.05, 4.69) is 10.6 Å². The molecule has 1 aliphatic rings. The zero-order valence-electron chi connectivity index (χ0n) is 15.9. The lowest BCUT2D eigenvalue weighted by Gasteiger charge is -2.19. The monoisotopic (exact) mass is 396 g/mol. The summed E-state index contributed by atoms with van der Waals surface area (Å²) in [5, 5.41) is 14.7. The minimum absolute atomic E-state index is 0.0623. The van der Waals surface area contributed by atoms with E-state index in [0.29, 0.717) is 23.7 Å². The highest BCUT2D eigenvalue weighted by molar-refractivity contribution is 6.01. The van der Waals surface area contributed by atoms with Crippen LogP contribution in [0.4, 0.5) is 15.8 Å². The van der Waals surface area contributed by atoms with E-state index in [9.17, 15) is 14.0 Å². The minimum Gasteiger partial charge on any atom is -0.495 e. The number of hydrogen-bond donors (Lipinski definition) is 2. The molecule has 7 nitrogen and oxygen atoms in total. The number of rotatable bonds is 7. The standard InChI is InChI=1S/C21H21FN4O3/c1-29-19-8-3-2-7-18(19)26-13-14(11-20(26)27)21(28)25-10-9-24-17-6-4-5-16(22)15(17)12-23/h2-8,14,24H,9-11,13H2,1H3,(H,25,28). The topological polar surface area (TPSA) is 94.5 Å². The third-order valence-electron chi connectivity index (χ3n) is 4.74. The van der Waals surface area contributed by atoms with Gasteiger partial charge in [0.05, 0.1) is 24.4 Å². The predicted molar refractivity (Wildman–Crippen MR) is 106 cm³/mol. The molecule has 2 N–H and O–H groups in total. The Morgan fingerprint density at radius 2 is 2.07 bits per heavy atom. The summed E-state index contributed by atoms with van der Waals surface area (Å²) in [5.74, 6) is -0.836. The van der Waals surface area contributed by atoms with E-state index in [1.807, 2.05) is 18.2 Å². The van der Waals surface area contributed by atoms with E-state index >= 15 is 0 Å². The molecule has 0 bridgehead atoms. The summed E-state index contributed by atoms with van der Waals surface area (Å²) in [6.45, 7) is 0.876. The summed E-state index contributed by atoms with van der Waals surface area (Å²) in [7, 11) is 1.53. The second-order valence-electron chi connectivity index (χ2n) is 6.57. The Bertz CT molecular complexity index is 957. The molecule has 0 saturated carbocycles. The normalized spacial score (nSPS) is 15.7. The highest BCUT2D eigenvalue weighted by Gasteiger charge is 2.36. The minimum atomic E-state index is -0.595. The van der Waals surface area contributed by atoms with Crippen molar-refractivity contribution < 1.29 is 18.7 Å². The highest BCUT2D eigenvalue weighted by atomic mass is 19.1. The van der Waals surface area contributed by atoms with Gasteiger partial charge in [-0.05, 0) is 24.3 Å². The van der Waals surface area contributed by atoms with Gasteiger partial charge in [-0.2, -0.15) is 5.26 Å². The van der Waals surface area contributed by atoms with E-state index < -0.39 is 11.7 Å². The van der Waals surface area contributed by atoms with Crippen LogP contribution in [0.25, 0.3) is 0 Å². The lowest BCUT2D eigenvalue weighted by molar-refractivity contribution is -0.126. The molecule has 3 rings (SSSR count). The number of halogens is 1. The Kier molecular flexibility index (Phi) is 6.29. The highest BCUT2D eigenvalue weighted by Crippen LogP contribution is 2.32. The quantitative estimate of drug-likeness (QED) is 0.701. The Labute approximate surface area is 168 Å². The maximum Gasteiger partial charge on any atom is 0.227 e. The lowest BCUT2D eigenvalue weighted by Crippen LogP contribution is -2.35. The largest absolute Gasteiger partial charge is 0.495 e. The fourth-order valence-electron chi connectivity index (χ4n) is 3.28. The third-order valence-corrected chi connectivity index (χ3v) is 4.74. The Balaban J connectivity index is 1.53. The summed E-state index contributed by atoms with van der Waals surface area (Å²) in [6, 6.07) is 13.3. The molecule has 29 heavy (non-hydrogen) atoms. The van der Waals surface area contributed by atoms with Gasteiger partial charge in [-0.1, -0.05) is 18.2 Å². The molecule has 2 aromatic carbocycles. The molecule has 8 heteroatoms. The molecular formula is C21H21FN4O3. The smallest absolute Gasteiger partial charge is 0.227 e. The Morgan fingerprint density at radius 1 is 1.28 bits per heavy atom. The fraction of sp³-hybridized carbons (Fsp3) is 0.286. The number of nitrogens with one attached hydrogen (secondary N) is 2. The fourth-order valence-corrected chi connectivity index (χ4v) is 3.28. The molecule has 1 atom stereocenters. The van der Waals surface area contributed by atoms with Crippen molar-refractivity contribution in [3.8, 4) is 11.8 Å². The van der Waals surface area contributed by atoms with Gasteiger partial charge < -0.3 is 20.3 Å². The van der Waals surface area contributed by atoms with Crippen LogP contribution in [0.5, 0.6) is 5.75 Å². The first kappa shape index (κ1) is 20.1. The van der Waals surface area contributed by atoms with Gasteiger partial charge in [0.15, 0.2) is 0 Å². The van der Waals surface area contributed by atoms with Crippen molar-refractivity contribution in [2.75, 3.05) is 37.0 Å². The molecule has 1 aliphatic heterocycles. The van der Waals surface area contributed by atoms with Gasteiger partial charge in [0.25, 0.3) is 0 Å². The molecule has 2 aromatic rings. The summed E-state index contributed by atoms with van der Waals surface area (Å²) < 4.78 is 18.9. The van der Waals surface area contributed by atoms with E-state index in [-0.39, 0.29) is 36.9 Å². The zero-order valence-corrected chi connectivity index (χ0v) is 15.9. The number of carbonyl (C=O) groups excluding carboxylic acids is 2. The number of anilines is 2. The van der Waals surface area contributed by atoms with Crippen molar-refractivity contribution in [1.82, 2.24) is 5.32 Å². The number of nitriles is 1. The molecular weight excluding hydrogens is 375 g/mol. The van der Waals surface area contributed by atoms with Gasteiger partial charge >= 0.3 is 0 Å². The molecule has 0 spiro atoms. The SMILES string of the molecule is COc1ccccc1N1CC(C(=O)NCCNc2cccc(F)c2C#N)CC1=O. The molecule has 1 fully saturated rings. The second-order valence-corrected chi connectivity index (χ2v) is 6.57. The van der Waals surface area contributed by atoms with Crippen LogP contribution in [-0.4, -0.2) is 38.6 Å². The third kappa shape index (κ3) is 4.46.